The number of esters is 1. The summed E-state index contributed by atoms with van der Waals surface area (Å²) < 4.78 is 5.34. The Balaban J connectivity index is 1.49. The van der Waals surface area contributed by atoms with Crippen LogP contribution < -0.4 is 10.6 Å². The molecule has 0 spiro atoms. The van der Waals surface area contributed by atoms with E-state index in [4.69, 9.17) is 4.74 Å². The van der Waals surface area contributed by atoms with Gasteiger partial charge in [0.1, 0.15) is 5.00 Å². The van der Waals surface area contributed by atoms with Crippen molar-refractivity contribution >= 4 is 51.6 Å². The number of amides is 2. The predicted octanol–water partition coefficient (Wildman–Crippen LogP) is 6.05. The van der Waals surface area contributed by atoms with E-state index >= 15 is 0 Å². The number of nitrogens with one attached hydrogen (secondary N) is 2. The van der Waals surface area contributed by atoms with Gasteiger partial charge in [0.15, 0.2) is 0 Å². The Labute approximate surface area is 209 Å². The van der Waals surface area contributed by atoms with Gasteiger partial charge in [-0.15, -0.1) is 23.1 Å². The number of carbonyl (C=O) groups is 3. The van der Waals surface area contributed by atoms with Crippen molar-refractivity contribution in [1.29, 1.82) is 0 Å². The summed E-state index contributed by atoms with van der Waals surface area (Å²) in [6, 6.07) is 7.63. The lowest BCUT2D eigenvalue weighted by Crippen LogP contribution is -2.25. The molecule has 182 valence electrons. The van der Waals surface area contributed by atoms with E-state index in [-0.39, 0.29) is 29.0 Å². The number of carbonyl (C=O) groups excluding carboxylic acids is 3. The van der Waals surface area contributed by atoms with Crippen molar-refractivity contribution in [3.63, 3.8) is 0 Å². The van der Waals surface area contributed by atoms with Gasteiger partial charge in [-0.1, -0.05) is 19.4 Å². The third-order valence-corrected chi connectivity index (χ3v) is 8.69. The van der Waals surface area contributed by atoms with E-state index in [2.05, 4.69) is 10.6 Å². The van der Waals surface area contributed by atoms with Crippen LogP contribution in [-0.2, 0) is 27.2 Å². The molecule has 8 heteroatoms. The largest absolute Gasteiger partial charge is 0.462 e. The predicted molar refractivity (Wildman–Crippen MR) is 138 cm³/mol. The lowest BCUT2D eigenvalue weighted by molar-refractivity contribution is -0.117. The fourth-order valence-electron chi connectivity index (χ4n) is 4.17. The Morgan fingerprint density at radius 2 is 1.91 bits per heavy atom. The van der Waals surface area contributed by atoms with Crippen LogP contribution in [0.3, 0.4) is 0 Å². The molecular formula is C26H32N2O4S2. The van der Waals surface area contributed by atoms with Gasteiger partial charge < -0.3 is 15.4 Å². The summed E-state index contributed by atoms with van der Waals surface area (Å²) in [6.45, 7) is 4.08. The van der Waals surface area contributed by atoms with E-state index in [1.165, 1.54) is 28.0 Å². The fraction of sp³-hybridized carbons (Fsp3) is 0.500. The number of benzene rings is 1. The zero-order valence-electron chi connectivity index (χ0n) is 19.8. The van der Waals surface area contributed by atoms with Crippen LogP contribution in [0.25, 0.3) is 0 Å². The third-order valence-electron chi connectivity index (χ3n) is 6.13. The number of ether oxygens (including phenoxy) is 1. The Morgan fingerprint density at radius 3 is 2.65 bits per heavy atom. The molecule has 34 heavy (non-hydrogen) atoms. The lowest BCUT2D eigenvalue weighted by Gasteiger charge is -2.16. The van der Waals surface area contributed by atoms with Gasteiger partial charge >= 0.3 is 5.97 Å². The summed E-state index contributed by atoms with van der Waals surface area (Å²) in [5.74, 6) is -0.269. The fourth-order valence-corrected chi connectivity index (χ4v) is 6.46. The first-order chi connectivity index (χ1) is 16.5. The minimum Gasteiger partial charge on any atom is -0.462 e. The highest BCUT2D eigenvalue weighted by Gasteiger charge is 2.30. The number of fused-ring (bicyclic) bond motifs is 1. The standard InChI is InChI=1S/C26H32N2O4S2/c1-3-20(33-18-10-8-9-17(15-18)27-23(29)16-13-14-16)24(30)28-25-22(26(31)32-4-2)19-11-6-5-7-12-21(19)34-25/h8-10,15-16,20H,3-7,11-14H2,1-2H3,(H,27,29)(H,28,30). The molecule has 1 unspecified atom stereocenters. The maximum atomic E-state index is 13.3. The van der Waals surface area contributed by atoms with E-state index in [1.807, 2.05) is 31.2 Å². The maximum Gasteiger partial charge on any atom is 0.341 e. The molecule has 2 aliphatic carbocycles. The first kappa shape index (κ1) is 24.8. The van der Waals surface area contributed by atoms with E-state index in [9.17, 15) is 14.4 Å². The number of hydrogen-bond acceptors (Lipinski definition) is 6. The molecule has 0 aliphatic heterocycles. The average Bonchev–Trinajstić information content (AvgIpc) is 3.64. The SMILES string of the molecule is CCOC(=O)c1c(NC(=O)C(CC)Sc2cccc(NC(=O)C3CC3)c2)sc2c1CCCCC2. The number of thioether (sulfide) groups is 1. The van der Waals surface area contributed by atoms with Gasteiger partial charge in [-0.3, -0.25) is 9.59 Å². The molecule has 2 N–H and O–H groups in total. The van der Waals surface area contributed by atoms with Crippen molar-refractivity contribution in [2.24, 2.45) is 5.92 Å². The molecule has 0 bridgehead atoms. The Morgan fingerprint density at radius 1 is 1.12 bits per heavy atom. The second-order valence-electron chi connectivity index (χ2n) is 8.78. The van der Waals surface area contributed by atoms with E-state index in [0.29, 0.717) is 23.6 Å². The molecule has 4 rings (SSSR count). The summed E-state index contributed by atoms with van der Waals surface area (Å²) in [5.41, 5.74) is 2.35. The first-order valence-electron chi connectivity index (χ1n) is 12.2. The van der Waals surface area contributed by atoms with Gasteiger partial charge in [-0.25, -0.2) is 4.79 Å². The number of aryl methyl sites for hydroxylation is 1. The summed E-state index contributed by atoms with van der Waals surface area (Å²) in [6.07, 6.45) is 7.63. The second kappa shape index (κ2) is 11.4. The van der Waals surface area contributed by atoms with Crippen LogP contribution in [0.1, 0.15) is 73.2 Å². The van der Waals surface area contributed by atoms with Crippen LogP contribution in [0, 0.1) is 5.92 Å². The van der Waals surface area contributed by atoms with Gasteiger partial charge in [0.2, 0.25) is 11.8 Å². The van der Waals surface area contributed by atoms with Crippen molar-refractivity contribution in [3.05, 3.63) is 40.3 Å². The molecule has 6 nitrogen and oxygen atoms in total. The molecule has 2 aliphatic rings. The van der Waals surface area contributed by atoms with Crippen molar-refractivity contribution in [2.75, 3.05) is 17.2 Å². The van der Waals surface area contributed by atoms with Gasteiger partial charge in [0.05, 0.1) is 17.4 Å². The molecule has 1 aromatic heterocycles. The zero-order chi connectivity index (χ0) is 24.1. The lowest BCUT2D eigenvalue weighted by atomic mass is 10.1. The van der Waals surface area contributed by atoms with Crippen LogP contribution in [0.15, 0.2) is 29.2 Å². The molecule has 2 aromatic rings. The number of hydrogen-bond donors (Lipinski definition) is 2. The van der Waals surface area contributed by atoms with Crippen LogP contribution in [0.2, 0.25) is 0 Å². The second-order valence-corrected chi connectivity index (χ2v) is 11.2. The van der Waals surface area contributed by atoms with Gasteiger partial charge in [0, 0.05) is 21.4 Å². The summed E-state index contributed by atoms with van der Waals surface area (Å²) in [4.78, 5) is 40.3. The first-order valence-corrected chi connectivity index (χ1v) is 13.9. The van der Waals surface area contributed by atoms with Crippen LogP contribution >= 0.6 is 23.1 Å². The van der Waals surface area contributed by atoms with Crippen LogP contribution in [-0.4, -0.2) is 29.6 Å². The zero-order valence-corrected chi connectivity index (χ0v) is 21.4. The normalized spacial score (nSPS) is 16.2. The molecule has 1 aromatic carbocycles. The quantitative estimate of drug-likeness (QED) is 0.249. The van der Waals surface area contributed by atoms with Crippen LogP contribution in [0.5, 0.6) is 0 Å². The van der Waals surface area contributed by atoms with Gasteiger partial charge in [0.25, 0.3) is 0 Å². The molecule has 1 heterocycles. The van der Waals surface area contributed by atoms with Gasteiger partial charge in [-0.2, -0.15) is 0 Å². The summed E-state index contributed by atoms with van der Waals surface area (Å²) in [7, 11) is 0. The van der Waals surface area contributed by atoms with E-state index < -0.39 is 0 Å². The Hall–Kier alpha value is -2.32. The number of thiophene rings is 1. The molecule has 0 saturated heterocycles. The molecule has 1 fully saturated rings. The van der Waals surface area contributed by atoms with E-state index in [1.54, 1.807) is 6.92 Å². The van der Waals surface area contributed by atoms with E-state index in [0.717, 1.165) is 61.1 Å². The maximum absolute atomic E-state index is 13.3. The number of anilines is 2. The third kappa shape index (κ3) is 6.02. The highest BCUT2D eigenvalue weighted by molar-refractivity contribution is 8.00. The highest BCUT2D eigenvalue weighted by Crippen LogP contribution is 2.39. The molecule has 1 atom stereocenters. The Kier molecular flexibility index (Phi) is 8.32. The number of rotatable bonds is 9. The van der Waals surface area contributed by atoms with Crippen molar-refractivity contribution < 1.29 is 19.1 Å². The minimum atomic E-state index is -0.350. The van der Waals surface area contributed by atoms with Crippen molar-refractivity contribution in [3.8, 4) is 0 Å². The monoisotopic (exact) mass is 500 g/mol. The smallest absolute Gasteiger partial charge is 0.341 e. The summed E-state index contributed by atoms with van der Waals surface area (Å²) in [5, 5.41) is 6.31. The summed E-state index contributed by atoms with van der Waals surface area (Å²) >= 11 is 2.99. The topological polar surface area (TPSA) is 84.5 Å². The van der Waals surface area contributed by atoms with Crippen molar-refractivity contribution in [2.45, 2.75) is 75.4 Å². The molecule has 0 radical (unpaired) electrons. The van der Waals surface area contributed by atoms with Gasteiger partial charge in [-0.05, 0) is 75.6 Å². The highest BCUT2D eigenvalue weighted by atomic mass is 32.2. The minimum absolute atomic E-state index is 0.0656. The van der Waals surface area contributed by atoms with Crippen LogP contribution in [0.4, 0.5) is 10.7 Å². The average molecular weight is 501 g/mol. The molecular weight excluding hydrogens is 468 g/mol. The van der Waals surface area contributed by atoms with Crippen molar-refractivity contribution in [1.82, 2.24) is 0 Å². The Bertz CT molecular complexity index is 1060. The molecule has 2 amide bonds. The molecule has 1 saturated carbocycles.